The predicted octanol–water partition coefficient (Wildman–Crippen LogP) is 0.870. The quantitative estimate of drug-likeness (QED) is 0.484. The average molecular weight is 234 g/mol. The largest absolute Gasteiger partial charge is 0.313 e. The number of rotatable bonds is 8. The number of nitrogens with one attached hydrogen (secondary N) is 2. The average Bonchev–Trinajstić information content (AvgIpc) is 2.11. The zero-order valence-electron chi connectivity index (χ0n) is 9.79. The Labute approximate surface area is 93.2 Å². The van der Waals surface area contributed by atoms with Crippen molar-refractivity contribution in [1.82, 2.24) is 10.0 Å². The van der Waals surface area contributed by atoms with Crippen LogP contribution in [0, 0.1) is 0 Å². The minimum atomic E-state index is -3.10. The first-order valence-electron chi connectivity index (χ1n) is 5.30. The van der Waals surface area contributed by atoms with Crippen molar-refractivity contribution >= 4 is 10.0 Å². The van der Waals surface area contributed by atoms with Gasteiger partial charge in [0.05, 0.1) is 5.75 Å². The summed E-state index contributed by atoms with van der Waals surface area (Å²) in [7, 11) is -3.10. The summed E-state index contributed by atoms with van der Waals surface area (Å²) in [5.41, 5.74) is 0. The number of allylic oxidation sites excluding steroid dienone is 1. The van der Waals surface area contributed by atoms with Gasteiger partial charge in [-0.3, -0.25) is 0 Å². The summed E-state index contributed by atoms with van der Waals surface area (Å²) >= 11 is 0. The summed E-state index contributed by atoms with van der Waals surface area (Å²) in [6.45, 7) is 6.88. The standard InChI is InChI=1S/C10H22N2O2S/c1-4-5-6-7-12-15(13,14)9-8-11-10(2)3/h4-5,10-12H,6-9H2,1-3H3/b5-4+. The van der Waals surface area contributed by atoms with E-state index >= 15 is 0 Å². The molecule has 4 nitrogen and oxygen atoms in total. The summed E-state index contributed by atoms with van der Waals surface area (Å²) in [4.78, 5) is 0. The third-order valence-electron chi connectivity index (χ3n) is 1.79. The molecular formula is C10H22N2O2S. The van der Waals surface area contributed by atoms with E-state index < -0.39 is 10.0 Å². The highest BCUT2D eigenvalue weighted by atomic mass is 32.2. The molecule has 0 heterocycles. The Hall–Kier alpha value is -0.390. The highest BCUT2D eigenvalue weighted by Gasteiger charge is 2.08. The molecule has 0 aliphatic rings. The fourth-order valence-corrected chi connectivity index (χ4v) is 1.98. The Kier molecular flexibility index (Phi) is 7.64. The van der Waals surface area contributed by atoms with E-state index in [0.717, 1.165) is 6.42 Å². The van der Waals surface area contributed by atoms with E-state index in [1.54, 1.807) is 0 Å². The molecule has 5 heteroatoms. The van der Waals surface area contributed by atoms with Crippen LogP contribution in [0.25, 0.3) is 0 Å². The smallest absolute Gasteiger partial charge is 0.212 e. The molecular weight excluding hydrogens is 212 g/mol. The van der Waals surface area contributed by atoms with Gasteiger partial charge in [0, 0.05) is 19.1 Å². The molecule has 0 aliphatic heterocycles. The molecule has 0 unspecified atom stereocenters. The van der Waals surface area contributed by atoms with Crippen molar-refractivity contribution in [3.63, 3.8) is 0 Å². The van der Waals surface area contributed by atoms with Crippen LogP contribution in [0.2, 0.25) is 0 Å². The maximum atomic E-state index is 11.4. The molecule has 2 N–H and O–H groups in total. The van der Waals surface area contributed by atoms with Crippen LogP contribution in [0.1, 0.15) is 27.2 Å². The Morgan fingerprint density at radius 2 is 1.93 bits per heavy atom. The van der Waals surface area contributed by atoms with E-state index in [2.05, 4.69) is 10.0 Å². The molecule has 90 valence electrons. The fourth-order valence-electron chi connectivity index (χ4n) is 1.02. The van der Waals surface area contributed by atoms with Crippen LogP contribution in [0.3, 0.4) is 0 Å². The monoisotopic (exact) mass is 234 g/mol. The van der Waals surface area contributed by atoms with Gasteiger partial charge in [0.25, 0.3) is 0 Å². The van der Waals surface area contributed by atoms with Crippen LogP contribution in [-0.2, 0) is 10.0 Å². The number of hydrogen-bond donors (Lipinski definition) is 2. The van der Waals surface area contributed by atoms with Crippen LogP contribution in [0.4, 0.5) is 0 Å². The van der Waals surface area contributed by atoms with E-state index in [1.165, 1.54) is 0 Å². The SMILES string of the molecule is C/C=C/CCNS(=O)(=O)CCNC(C)C. The molecule has 0 atom stereocenters. The molecule has 0 radical (unpaired) electrons. The third-order valence-corrected chi connectivity index (χ3v) is 3.18. The van der Waals surface area contributed by atoms with Crippen molar-refractivity contribution in [3.05, 3.63) is 12.2 Å². The Balaban J connectivity index is 3.68. The van der Waals surface area contributed by atoms with Gasteiger partial charge < -0.3 is 5.32 Å². The molecule has 15 heavy (non-hydrogen) atoms. The van der Waals surface area contributed by atoms with Gasteiger partial charge >= 0.3 is 0 Å². The van der Waals surface area contributed by atoms with Gasteiger partial charge in [-0.05, 0) is 13.3 Å². The van der Waals surface area contributed by atoms with Gasteiger partial charge in [-0.25, -0.2) is 13.1 Å². The first-order chi connectivity index (χ1) is 6.98. The van der Waals surface area contributed by atoms with E-state index in [4.69, 9.17) is 0 Å². The van der Waals surface area contributed by atoms with Crippen molar-refractivity contribution in [2.24, 2.45) is 0 Å². The molecule has 0 aliphatic carbocycles. The van der Waals surface area contributed by atoms with E-state index in [-0.39, 0.29) is 5.75 Å². The van der Waals surface area contributed by atoms with Gasteiger partial charge in [-0.1, -0.05) is 26.0 Å². The molecule has 0 spiro atoms. The van der Waals surface area contributed by atoms with Crippen LogP contribution >= 0.6 is 0 Å². The molecule has 0 saturated carbocycles. The van der Waals surface area contributed by atoms with Gasteiger partial charge in [0.1, 0.15) is 0 Å². The van der Waals surface area contributed by atoms with E-state index in [1.807, 2.05) is 32.9 Å². The van der Waals surface area contributed by atoms with Crippen LogP contribution in [0.15, 0.2) is 12.2 Å². The first-order valence-corrected chi connectivity index (χ1v) is 6.95. The lowest BCUT2D eigenvalue weighted by molar-refractivity contribution is 0.567. The van der Waals surface area contributed by atoms with Gasteiger partial charge in [-0.15, -0.1) is 0 Å². The Bertz CT molecular complexity index is 271. The van der Waals surface area contributed by atoms with Crippen molar-refractivity contribution in [2.45, 2.75) is 33.2 Å². The maximum Gasteiger partial charge on any atom is 0.212 e. The van der Waals surface area contributed by atoms with Crippen LogP contribution in [-0.4, -0.2) is 33.3 Å². The van der Waals surface area contributed by atoms with Crippen LogP contribution < -0.4 is 10.0 Å². The van der Waals surface area contributed by atoms with Crippen molar-refractivity contribution in [2.75, 3.05) is 18.8 Å². The second-order valence-electron chi connectivity index (χ2n) is 3.68. The molecule has 0 aromatic heterocycles. The predicted molar refractivity (Wildman–Crippen MR) is 64.4 cm³/mol. The molecule has 0 fully saturated rings. The summed E-state index contributed by atoms with van der Waals surface area (Å²) in [6.07, 6.45) is 4.59. The summed E-state index contributed by atoms with van der Waals surface area (Å²) in [6, 6.07) is 0.322. The number of hydrogen-bond acceptors (Lipinski definition) is 3. The zero-order chi connectivity index (χ0) is 11.7. The highest BCUT2D eigenvalue weighted by Crippen LogP contribution is 1.87. The molecule has 0 saturated heterocycles. The molecule has 0 aromatic rings. The molecule has 0 amide bonds. The normalized spacial score (nSPS) is 12.8. The minimum absolute atomic E-state index is 0.140. The van der Waals surface area contributed by atoms with E-state index in [0.29, 0.717) is 19.1 Å². The lowest BCUT2D eigenvalue weighted by atomic mass is 10.4. The van der Waals surface area contributed by atoms with Gasteiger partial charge in [-0.2, -0.15) is 0 Å². The fraction of sp³-hybridized carbons (Fsp3) is 0.800. The van der Waals surface area contributed by atoms with Gasteiger partial charge in [0.15, 0.2) is 0 Å². The maximum absolute atomic E-state index is 11.4. The van der Waals surface area contributed by atoms with Crippen molar-refractivity contribution in [1.29, 1.82) is 0 Å². The van der Waals surface area contributed by atoms with Crippen LogP contribution in [0.5, 0.6) is 0 Å². The van der Waals surface area contributed by atoms with Gasteiger partial charge in [0.2, 0.25) is 10.0 Å². The van der Waals surface area contributed by atoms with Crippen molar-refractivity contribution < 1.29 is 8.42 Å². The lowest BCUT2D eigenvalue weighted by Gasteiger charge is -2.08. The second kappa shape index (κ2) is 7.84. The molecule has 0 bridgehead atoms. The Morgan fingerprint density at radius 3 is 2.47 bits per heavy atom. The summed E-state index contributed by atoms with van der Waals surface area (Å²) in [5.74, 6) is 0.140. The first kappa shape index (κ1) is 14.6. The molecule has 0 aromatic carbocycles. The highest BCUT2D eigenvalue weighted by molar-refractivity contribution is 7.89. The second-order valence-corrected chi connectivity index (χ2v) is 5.61. The van der Waals surface area contributed by atoms with E-state index in [9.17, 15) is 8.42 Å². The summed E-state index contributed by atoms with van der Waals surface area (Å²) in [5, 5.41) is 3.07. The number of sulfonamides is 1. The Morgan fingerprint density at radius 1 is 1.27 bits per heavy atom. The minimum Gasteiger partial charge on any atom is -0.313 e. The third kappa shape index (κ3) is 9.90. The van der Waals surface area contributed by atoms with Crippen molar-refractivity contribution in [3.8, 4) is 0 Å². The summed E-state index contributed by atoms with van der Waals surface area (Å²) < 4.78 is 25.3. The zero-order valence-corrected chi connectivity index (χ0v) is 10.6. The molecule has 0 rings (SSSR count). The lowest BCUT2D eigenvalue weighted by Crippen LogP contribution is -2.34. The topological polar surface area (TPSA) is 58.2 Å².